The normalized spacial score (nSPS) is 12.9. The van der Waals surface area contributed by atoms with Crippen LogP contribution in [0.5, 0.6) is 0 Å². The van der Waals surface area contributed by atoms with E-state index >= 15 is 0 Å². The number of nitrogens with one attached hydrogen (secondary N) is 3. The lowest BCUT2D eigenvalue weighted by Crippen LogP contribution is -2.25. The molecule has 0 atom stereocenters. The number of hydrogen-bond donors (Lipinski definition) is 3. The Morgan fingerprint density at radius 3 is 2.73 bits per heavy atom. The van der Waals surface area contributed by atoms with Crippen molar-refractivity contribution in [3.05, 3.63) is 64.1 Å². The fraction of sp³-hybridized carbons (Fsp3) is 0.235. The van der Waals surface area contributed by atoms with Crippen LogP contribution in [-0.2, 0) is 11.3 Å². The first-order chi connectivity index (χ1) is 10.8. The zero-order valence-corrected chi connectivity index (χ0v) is 13.3. The molecule has 0 radical (unpaired) electrons. The van der Waals surface area contributed by atoms with Crippen molar-refractivity contribution >= 4 is 24.3 Å². The molecule has 3 N–H and O–H groups in total. The van der Waals surface area contributed by atoms with Gasteiger partial charge in [-0.2, -0.15) is 0 Å². The van der Waals surface area contributed by atoms with Crippen molar-refractivity contribution in [1.29, 1.82) is 5.41 Å². The predicted molar refractivity (Wildman–Crippen MR) is 91.5 cm³/mol. The minimum atomic E-state index is 0.447. The molecule has 2 rings (SSSR count). The molecule has 0 amide bonds. The second-order valence-electron chi connectivity index (χ2n) is 4.55. The SMILES string of the molecule is C=N.CCCC1=C(NCc2ccccc2Cl)C(=C=O)NC=C1. The molecule has 5 heteroatoms. The molecule has 1 aliphatic rings. The summed E-state index contributed by atoms with van der Waals surface area (Å²) >= 11 is 6.14. The van der Waals surface area contributed by atoms with Gasteiger partial charge in [-0.05, 0) is 36.4 Å². The number of rotatable bonds is 5. The summed E-state index contributed by atoms with van der Waals surface area (Å²) < 4.78 is 0. The van der Waals surface area contributed by atoms with Crippen LogP contribution in [0.25, 0.3) is 0 Å². The Labute approximate surface area is 136 Å². The fourth-order valence-corrected chi connectivity index (χ4v) is 2.33. The Morgan fingerprint density at radius 2 is 2.09 bits per heavy atom. The molecule has 1 heterocycles. The summed E-state index contributed by atoms with van der Waals surface area (Å²) in [4.78, 5) is 11.0. The number of halogens is 1. The zero-order chi connectivity index (χ0) is 16.4. The first-order valence-corrected chi connectivity index (χ1v) is 7.38. The molecule has 0 aromatic heterocycles. The van der Waals surface area contributed by atoms with Gasteiger partial charge in [0.1, 0.15) is 5.70 Å². The Bertz CT molecular complexity index is 616. The van der Waals surface area contributed by atoms with Crippen molar-refractivity contribution < 1.29 is 4.79 Å². The van der Waals surface area contributed by atoms with E-state index < -0.39 is 0 Å². The van der Waals surface area contributed by atoms with E-state index in [1.165, 1.54) is 0 Å². The van der Waals surface area contributed by atoms with E-state index in [9.17, 15) is 4.79 Å². The quantitative estimate of drug-likeness (QED) is 0.574. The third-order valence-electron chi connectivity index (χ3n) is 3.12. The lowest BCUT2D eigenvalue weighted by molar-refractivity contribution is 0.565. The van der Waals surface area contributed by atoms with E-state index in [1.807, 2.05) is 36.3 Å². The Kier molecular flexibility index (Phi) is 7.76. The maximum absolute atomic E-state index is 11.0. The van der Waals surface area contributed by atoms with Gasteiger partial charge in [0.15, 0.2) is 5.94 Å². The van der Waals surface area contributed by atoms with E-state index in [2.05, 4.69) is 24.3 Å². The van der Waals surface area contributed by atoms with Gasteiger partial charge in [0, 0.05) is 17.8 Å². The zero-order valence-electron chi connectivity index (χ0n) is 12.6. The van der Waals surface area contributed by atoms with Gasteiger partial charge in [-0.25, -0.2) is 4.79 Å². The number of hydrogen-bond acceptors (Lipinski definition) is 4. The third kappa shape index (κ3) is 4.62. The summed E-state index contributed by atoms with van der Waals surface area (Å²) in [5.41, 5.74) is 3.36. The van der Waals surface area contributed by atoms with Gasteiger partial charge in [-0.3, -0.25) is 0 Å². The highest BCUT2D eigenvalue weighted by molar-refractivity contribution is 6.31. The lowest BCUT2D eigenvalue weighted by atomic mass is 10.0. The van der Waals surface area contributed by atoms with Gasteiger partial charge in [-0.15, -0.1) is 0 Å². The second-order valence-corrected chi connectivity index (χ2v) is 4.96. The Hall–Kier alpha value is -2.29. The van der Waals surface area contributed by atoms with Gasteiger partial charge in [0.25, 0.3) is 0 Å². The van der Waals surface area contributed by atoms with Crippen molar-refractivity contribution in [2.24, 2.45) is 0 Å². The summed E-state index contributed by atoms with van der Waals surface area (Å²) in [7, 11) is 0. The number of benzene rings is 1. The smallest absolute Gasteiger partial charge is 0.152 e. The van der Waals surface area contributed by atoms with E-state index in [0.717, 1.165) is 29.7 Å². The Balaban J connectivity index is 0.00000116. The second kappa shape index (κ2) is 9.61. The van der Waals surface area contributed by atoms with Crippen molar-refractivity contribution in [3.63, 3.8) is 0 Å². The molecule has 116 valence electrons. The van der Waals surface area contributed by atoms with Gasteiger partial charge in [-0.1, -0.05) is 43.1 Å². The van der Waals surface area contributed by atoms with Gasteiger partial charge >= 0.3 is 0 Å². The largest absolute Gasteiger partial charge is 0.378 e. The molecule has 1 aromatic carbocycles. The van der Waals surface area contributed by atoms with Crippen LogP contribution < -0.4 is 10.6 Å². The summed E-state index contributed by atoms with van der Waals surface area (Å²) in [6.07, 6.45) is 5.68. The highest BCUT2D eigenvalue weighted by Gasteiger charge is 2.14. The van der Waals surface area contributed by atoms with E-state index in [1.54, 1.807) is 6.20 Å². The topological polar surface area (TPSA) is 65.0 Å². The van der Waals surface area contributed by atoms with Crippen LogP contribution in [0, 0.1) is 5.41 Å². The first-order valence-electron chi connectivity index (χ1n) is 7.00. The highest BCUT2D eigenvalue weighted by Crippen LogP contribution is 2.20. The Morgan fingerprint density at radius 1 is 1.36 bits per heavy atom. The molecule has 0 spiro atoms. The van der Waals surface area contributed by atoms with Crippen molar-refractivity contribution in [2.45, 2.75) is 26.3 Å². The fourth-order valence-electron chi connectivity index (χ4n) is 2.13. The molecule has 22 heavy (non-hydrogen) atoms. The average molecular weight is 318 g/mol. The summed E-state index contributed by atoms with van der Waals surface area (Å²) in [5.74, 6) is 1.94. The molecular weight excluding hydrogens is 298 g/mol. The van der Waals surface area contributed by atoms with Gasteiger partial charge < -0.3 is 16.0 Å². The molecule has 0 fully saturated rings. The monoisotopic (exact) mass is 317 g/mol. The van der Waals surface area contributed by atoms with Gasteiger partial charge in [0.05, 0.1) is 5.70 Å². The lowest BCUT2D eigenvalue weighted by Gasteiger charge is -2.19. The van der Waals surface area contributed by atoms with Crippen LogP contribution in [0.1, 0.15) is 25.3 Å². The van der Waals surface area contributed by atoms with Crippen LogP contribution >= 0.6 is 11.6 Å². The van der Waals surface area contributed by atoms with Crippen molar-refractivity contribution in [3.8, 4) is 0 Å². The first kappa shape index (κ1) is 17.8. The van der Waals surface area contributed by atoms with Crippen molar-refractivity contribution in [1.82, 2.24) is 10.6 Å². The number of carbonyl (C=O) groups excluding carboxylic acids is 1. The van der Waals surface area contributed by atoms with Crippen LogP contribution in [0.15, 0.2) is 53.5 Å². The maximum atomic E-state index is 11.0. The summed E-state index contributed by atoms with van der Waals surface area (Å²) in [6.45, 7) is 5.18. The minimum absolute atomic E-state index is 0.447. The van der Waals surface area contributed by atoms with Crippen LogP contribution in [0.4, 0.5) is 0 Å². The molecule has 1 aliphatic heterocycles. The predicted octanol–water partition coefficient (Wildman–Crippen LogP) is 3.58. The molecule has 4 nitrogen and oxygen atoms in total. The highest BCUT2D eigenvalue weighted by atomic mass is 35.5. The van der Waals surface area contributed by atoms with Crippen LogP contribution in [-0.4, -0.2) is 12.7 Å². The molecule has 0 saturated heterocycles. The minimum Gasteiger partial charge on any atom is -0.378 e. The maximum Gasteiger partial charge on any atom is 0.152 e. The summed E-state index contributed by atoms with van der Waals surface area (Å²) in [6, 6.07) is 7.66. The molecular formula is C17H20ClN3O. The number of dihydropyridines is 1. The van der Waals surface area contributed by atoms with Crippen LogP contribution in [0.3, 0.4) is 0 Å². The molecule has 1 aromatic rings. The number of allylic oxidation sites excluding steroid dienone is 2. The van der Waals surface area contributed by atoms with Crippen LogP contribution in [0.2, 0.25) is 5.02 Å². The van der Waals surface area contributed by atoms with E-state index in [4.69, 9.17) is 17.0 Å². The molecule has 0 unspecified atom stereocenters. The van der Waals surface area contributed by atoms with E-state index in [0.29, 0.717) is 17.3 Å². The molecule has 0 bridgehead atoms. The summed E-state index contributed by atoms with van der Waals surface area (Å²) in [5, 5.41) is 12.4. The molecule has 0 saturated carbocycles. The molecule has 0 aliphatic carbocycles. The average Bonchev–Trinajstić information content (AvgIpc) is 2.57. The third-order valence-corrected chi connectivity index (χ3v) is 3.49. The van der Waals surface area contributed by atoms with Crippen molar-refractivity contribution in [2.75, 3.05) is 0 Å². The van der Waals surface area contributed by atoms with E-state index in [-0.39, 0.29) is 0 Å². The standard InChI is InChI=1S/C16H17ClN2O.CH3N/c1-2-5-12-8-9-18-15(11-20)16(12)19-10-13-6-3-4-7-14(13)17;1-2/h3-4,6-9,18-19H,2,5,10H2,1H3;2H,1H2. The van der Waals surface area contributed by atoms with Gasteiger partial charge in [0.2, 0.25) is 0 Å².